The zero-order valence-electron chi connectivity index (χ0n) is 28.2. The number of likely N-dealkylation sites (tertiary alicyclic amines) is 2. The van der Waals surface area contributed by atoms with E-state index < -0.39 is 0 Å². The molecule has 5 unspecified atom stereocenters. The van der Waals surface area contributed by atoms with Crippen LogP contribution in [0.5, 0.6) is 0 Å². The predicted molar refractivity (Wildman–Crippen MR) is 166 cm³/mol. The molecule has 2 saturated carbocycles. The molecule has 5 fully saturated rings. The summed E-state index contributed by atoms with van der Waals surface area (Å²) in [7, 11) is 4.53. The number of nitrogens with one attached hydrogen (secondary N) is 1. The molecule has 7 atom stereocenters. The van der Waals surface area contributed by atoms with E-state index in [1.165, 1.54) is 58.3 Å². The van der Waals surface area contributed by atoms with Crippen LogP contribution >= 0.6 is 0 Å². The predicted octanol–water partition coefficient (Wildman–Crippen LogP) is 5.55. The Morgan fingerprint density at radius 1 is 0.744 bits per heavy atom. The first-order chi connectivity index (χ1) is 17.7. The van der Waals surface area contributed by atoms with Crippen LogP contribution < -0.4 is 5.32 Å². The highest BCUT2D eigenvalue weighted by Gasteiger charge is 2.69. The second kappa shape index (κ2) is 9.40. The van der Waals surface area contributed by atoms with Gasteiger partial charge in [0.25, 0.3) is 0 Å². The van der Waals surface area contributed by atoms with Crippen LogP contribution in [0.3, 0.4) is 0 Å². The zero-order valence-corrected chi connectivity index (χ0v) is 28.2. The van der Waals surface area contributed by atoms with E-state index in [9.17, 15) is 0 Å². The van der Waals surface area contributed by atoms with Gasteiger partial charge in [0.05, 0.1) is 0 Å². The van der Waals surface area contributed by atoms with Crippen LogP contribution in [0.4, 0.5) is 0 Å². The molecule has 0 aromatic rings. The highest BCUT2D eigenvalue weighted by molar-refractivity contribution is 5.23. The second-order valence-corrected chi connectivity index (χ2v) is 19.0. The van der Waals surface area contributed by atoms with Gasteiger partial charge in [-0.3, -0.25) is 14.7 Å². The third-order valence-electron chi connectivity index (χ3n) is 11.6. The SMILES string of the molecule is CN(C)CC12CC1N(C(C)(C)CC1CN(CC34CC3N(C(C)(C)C)[C@H](C(C)(C)C)C4)CCN1)[C@H](C(C)(C)C)C2. The van der Waals surface area contributed by atoms with Gasteiger partial charge < -0.3 is 10.2 Å². The Hall–Kier alpha value is -0.200. The lowest BCUT2D eigenvalue weighted by atomic mass is 9.79. The van der Waals surface area contributed by atoms with Crippen LogP contribution in [0.15, 0.2) is 0 Å². The van der Waals surface area contributed by atoms with Crippen molar-refractivity contribution in [2.45, 2.75) is 150 Å². The number of fused-ring (bicyclic) bond motifs is 2. The van der Waals surface area contributed by atoms with Gasteiger partial charge in [-0.2, -0.15) is 0 Å². The lowest BCUT2D eigenvalue weighted by molar-refractivity contribution is 0.00958. The Morgan fingerprint density at radius 2 is 1.28 bits per heavy atom. The molecular weight excluding hydrogens is 478 g/mol. The van der Waals surface area contributed by atoms with Crippen molar-refractivity contribution in [2.75, 3.05) is 46.8 Å². The van der Waals surface area contributed by atoms with Crippen molar-refractivity contribution in [3.8, 4) is 0 Å². The van der Waals surface area contributed by atoms with Crippen LogP contribution in [0.1, 0.15) is 108 Å². The number of hydrogen-bond acceptors (Lipinski definition) is 5. The molecule has 0 amide bonds. The van der Waals surface area contributed by atoms with Crippen molar-refractivity contribution in [2.24, 2.45) is 21.7 Å². The third-order valence-corrected chi connectivity index (χ3v) is 11.6. The Morgan fingerprint density at radius 3 is 1.82 bits per heavy atom. The van der Waals surface area contributed by atoms with E-state index in [4.69, 9.17) is 0 Å². The molecule has 5 heteroatoms. The van der Waals surface area contributed by atoms with Gasteiger partial charge in [-0.1, -0.05) is 41.5 Å². The highest BCUT2D eigenvalue weighted by Crippen LogP contribution is 2.65. The summed E-state index contributed by atoms with van der Waals surface area (Å²) in [5, 5.41) is 3.98. The summed E-state index contributed by atoms with van der Waals surface area (Å²) < 4.78 is 0. The molecule has 2 aliphatic carbocycles. The largest absolute Gasteiger partial charge is 0.311 e. The fraction of sp³-hybridized carbons (Fsp3) is 1.00. The van der Waals surface area contributed by atoms with E-state index in [0.717, 1.165) is 18.6 Å². The Labute approximate surface area is 242 Å². The van der Waals surface area contributed by atoms with Gasteiger partial charge in [0.1, 0.15) is 0 Å². The van der Waals surface area contributed by atoms with Crippen LogP contribution in [0.2, 0.25) is 0 Å². The first-order valence-corrected chi connectivity index (χ1v) is 16.4. The molecule has 226 valence electrons. The molecule has 0 spiro atoms. The Balaban J connectivity index is 1.25. The van der Waals surface area contributed by atoms with Crippen molar-refractivity contribution >= 4 is 0 Å². The van der Waals surface area contributed by atoms with Gasteiger partial charge in [0.2, 0.25) is 0 Å². The van der Waals surface area contributed by atoms with Crippen molar-refractivity contribution in [3.05, 3.63) is 0 Å². The van der Waals surface area contributed by atoms with E-state index in [1.54, 1.807) is 0 Å². The molecule has 0 radical (unpaired) electrons. The van der Waals surface area contributed by atoms with Gasteiger partial charge >= 0.3 is 0 Å². The number of piperidine rings is 2. The van der Waals surface area contributed by atoms with E-state index in [2.05, 4.69) is 115 Å². The average Bonchev–Trinajstić information content (AvgIpc) is 3.52. The molecule has 0 aromatic carbocycles. The number of nitrogens with zero attached hydrogens (tertiary/aromatic N) is 4. The fourth-order valence-corrected chi connectivity index (χ4v) is 9.93. The molecule has 5 rings (SSSR count). The molecule has 3 heterocycles. The summed E-state index contributed by atoms with van der Waals surface area (Å²) in [5.74, 6) is 0. The Kier molecular flexibility index (Phi) is 7.29. The van der Waals surface area contributed by atoms with Crippen LogP contribution in [0.25, 0.3) is 0 Å². The molecule has 3 aliphatic heterocycles. The van der Waals surface area contributed by atoms with Crippen LogP contribution in [-0.4, -0.2) is 108 Å². The molecule has 5 aliphatic rings. The van der Waals surface area contributed by atoms with Crippen molar-refractivity contribution in [1.29, 1.82) is 0 Å². The van der Waals surface area contributed by atoms with Gasteiger partial charge in [-0.05, 0) is 91.6 Å². The molecule has 0 bridgehead atoms. The number of hydrogen-bond donors (Lipinski definition) is 1. The van der Waals surface area contributed by atoms with E-state index in [-0.39, 0.29) is 11.1 Å². The molecule has 3 saturated heterocycles. The van der Waals surface area contributed by atoms with Crippen molar-refractivity contribution < 1.29 is 0 Å². The lowest BCUT2D eigenvalue weighted by Gasteiger charge is -2.49. The number of piperazine rings is 1. The molecular formula is C34H65N5. The standard InChI is InChI=1S/C34H65N5/c1-29(2,3)25-17-34(19-27(34)38(25)31(7,8)9)23-37-15-14-35-24(21-37)16-32(10,11)39-26(30(4,5)6)18-33(20-28(33)39)22-36(12)13/h24-28,35H,14-23H2,1-13H3/t24?,25-,26-,27?,28?,33?,34?/m0/s1. The van der Waals surface area contributed by atoms with Crippen LogP contribution in [0, 0.1) is 21.7 Å². The van der Waals surface area contributed by atoms with E-state index in [0.29, 0.717) is 39.8 Å². The molecule has 1 N–H and O–H groups in total. The summed E-state index contributed by atoms with van der Waals surface area (Å²) in [5.41, 5.74) is 2.17. The maximum absolute atomic E-state index is 3.98. The van der Waals surface area contributed by atoms with Gasteiger partial charge in [0.15, 0.2) is 0 Å². The number of rotatable bonds is 7. The van der Waals surface area contributed by atoms with Crippen molar-refractivity contribution in [1.82, 2.24) is 24.9 Å². The molecule has 5 nitrogen and oxygen atoms in total. The Bertz CT molecular complexity index is 906. The fourth-order valence-electron chi connectivity index (χ4n) is 9.93. The normalized spacial score (nSPS) is 40.3. The smallest absolute Gasteiger partial charge is 0.0212 e. The van der Waals surface area contributed by atoms with Gasteiger partial charge in [-0.15, -0.1) is 0 Å². The molecule has 39 heavy (non-hydrogen) atoms. The van der Waals surface area contributed by atoms with Crippen molar-refractivity contribution in [3.63, 3.8) is 0 Å². The maximum Gasteiger partial charge on any atom is 0.0212 e. The average molecular weight is 544 g/mol. The summed E-state index contributed by atoms with van der Waals surface area (Å²) in [4.78, 5) is 11.2. The summed E-state index contributed by atoms with van der Waals surface area (Å²) in [6.07, 6.45) is 6.81. The molecule has 0 aromatic heterocycles. The minimum absolute atomic E-state index is 0.210. The first kappa shape index (κ1) is 30.3. The first-order valence-electron chi connectivity index (χ1n) is 16.4. The van der Waals surface area contributed by atoms with Gasteiger partial charge in [0, 0.05) is 84.8 Å². The third kappa shape index (κ3) is 5.63. The highest BCUT2D eigenvalue weighted by atomic mass is 15.4. The minimum atomic E-state index is 0.210. The van der Waals surface area contributed by atoms with E-state index >= 15 is 0 Å². The quantitative estimate of drug-likeness (QED) is 0.454. The second-order valence-electron chi connectivity index (χ2n) is 19.0. The lowest BCUT2D eigenvalue weighted by Crippen LogP contribution is -2.59. The summed E-state index contributed by atoms with van der Waals surface area (Å²) in [6.45, 7) is 33.4. The van der Waals surface area contributed by atoms with E-state index in [1.807, 2.05) is 0 Å². The minimum Gasteiger partial charge on any atom is -0.311 e. The zero-order chi connectivity index (χ0) is 29.0. The summed E-state index contributed by atoms with van der Waals surface area (Å²) >= 11 is 0. The topological polar surface area (TPSA) is 25.0 Å². The summed E-state index contributed by atoms with van der Waals surface area (Å²) in [6, 6.07) is 3.50. The van der Waals surface area contributed by atoms with Gasteiger partial charge in [-0.25, -0.2) is 0 Å². The monoisotopic (exact) mass is 544 g/mol. The maximum atomic E-state index is 3.98. The van der Waals surface area contributed by atoms with Crippen LogP contribution in [-0.2, 0) is 0 Å².